The van der Waals surface area contributed by atoms with Crippen LogP contribution in [0.4, 0.5) is 0 Å². The molecule has 0 heterocycles. The molecule has 0 saturated heterocycles. The number of hydrogen-bond donors (Lipinski definition) is 0. The smallest absolute Gasteiger partial charge is 0 e. The van der Waals surface area contributed by atoms with Crippen LogP contribution in [0.3, 0.4) is 0 Å². The van der Waals surface area contributed by atoms with Gasteiger partial charge in [-0.2, -0.15) is 152 Å². The van der Waals surface area contributed by atoms with Crippen LogP contribution in [0.15, 0.2) is 140 Å². The predicted molar refractivity (Wildman–Crippen MR) is 144 cm³/mol. The first-order chi connectivity index (χ1) is 14.5. The molecule has 4 aromatic carbocycles. The molecule has 0 atom stereocenters. The maximum absolute atomic E-state index is 2.99. The number of rotatable bonds is 0. The van der Waals surface area contributed by atoms with Gasteiger partial charge in [-0.3, -0.25) is 6.08 Å². The second-order valence-electron chi connectivity index (χ2n) is 5.31. The standard InChI is InChI=1S/4C6H5.C5H5.3ClH.Ti/c4*1-2-4-6-5-3-1;1-2-4-5-3-1;;;;/h4*1-5H;1-3H,4H2;3*1H;/q5*-1;;;;. The Balaban J connectivity index is -0.000000155. The first kappa shape index (κ1) is 38.2. The maximum Gasteiger partial charge on any atom is 0 e. The van der Waals surface area contributed by atoms with Crippen molar-refractivity contribution in [1.82, 2.24) is 0 Å². The fraction of sp³-hybridized carbons (Fsp3) is 0.0345. The van der Waals surface area contributed by atoms with Crippen LogP contribution < -0.4 is 0 Å². The topological polar surface area (TPSA) is 0 Å². The predicted octanol–water partition coefficient (Wildman–Crippen LogP) is 8.52. The van der Waals surface area contributed by atoms with Crippen molar-refractivity contribution in [3.63, 3.8) is 0 Å². The third-order valence-electron chi connectivity index (χ3n) is 3.01. The van der Waals surface area contributed by atoms with Crippen LogP contribution in [0.1, 0.15) is 6.42 Å². The summed E-state index contributed by atoms with van der Waals surface area (Å²) in [4.78, 5) is 0. The zero-order valence-electron chi connectivity index (χ0n) is 18.2. The Morgan fingerprint density at radius 2 is 0.667 bits per heavy atom. The van der Waals surface area contributed by atoms with Crippen LogP contribution in [0.2, 0.25) is 0 Å². The molecule has 4 aromatic rings. The third-order valence-corrected chi connectivity index (χ3v) is 3.01. The van der Waals surface area contributed by atoms with Crippen molar-refractivity contribution in [2.24, 2.45) is 0 Å². The average Bonchev–Trinajstić information content (AvgIpc) is 3.45. The monoisotopic (exact) mass is 529 g/mol. The minimum atomic E-state index is 0. The fourth-order valence-electron chi connectivity index (χ4n) is 1.71. The molecule has 0 amide bonds. The van der Waals surface area contributed by atoms with Crippen LogP contribution in [0.5, 0.6) is 0 Å². The van der Waals surface area contributed by atoms with E-state index in [0.29, 0.717) is 0 Å². The van der Waals surface area contributed by atoms with Gasteiger partial charge < -0.3 is 0 Å². The molecule has 0 radical (unpaired) electrons. The summed E-state index contributed by atoms with van der Waals surface area (Å²) in [5.41, 5.74) is 0. The maximum atomic E-state index is 2.99. The van der Waals surface area contributed by atoms with Crippen molar-refractivity contribution >= 4 is 37.2 Å². The molecule has 0 bridgehead atoms. The Morgan fingerprint density at radius 3 is 0.727 bits per heavy atom. The molecule has 0 aliphatic heterocycles. The number of benzene rings is 4. The summed E-state index contributed by atoms with van der Waals surface area (Å²) in [6, 6.07) is 50.0. The first-order valence-corrected chi connectivity index (χ1v) is 9.36. The van der Waals surface area contributed by atoms with Crippen LogP contribution in [-0.4, -0.2) is 0 Å². The summed E-state index contributed by atoms with van der Waals surface area (Å²) in [7, 11) is 0. The molecular weight excluding hydrogens is 503 g/mol. The van der Waals surface area contributed by atoms with Gasteiger partial charge in [-0.25, -0.2) is 12.2 Å². The summed E-state index contributed by atoms with van der Waals surface area (Å²) < 4.78 is 0. The van der Waals surface area contributed by atoms with Gasteiger partial charge in [0.05, 0.1) is 0 Å². The average molecular weight is 531 g/mol. The van der Waals surface area contributed by atoms with E-state index in [0.717, 1.165) is 6.42 Å². The number of allylic oxidation sites excluding steroid dienone is 4. The normalized spacial score (nSPS) is 8.48. The molecule has 0 saturated carbocycles. The van der Waals surface area contributed by atoms with Crippen LogP contribution in [0, 0.1) is 30.3 Å². The minimum Gasteiger partial charge on any atom is -0.273 e. The van der Waals surface area contributed by atoms with Gasteiger partial charge in [-0.15, -0.1) is 43.6 Å². The largest absolute Gasteiger partial charge is 0.273 e. The molecule has 4 heteroatoms. The molecule has 0 unspecified atom stereocenters. The molecule has 1 aliphatic rings. The Labute approximate surface area is 234 Å². The molecular formula is C29H28Cl3Ti-5. The van der Waals surface area contributed by atoms with Crippen molar-refractivity contribution in [3.8, 4) is 0 Å². The van der Waals surface area contributed by atoms with E-state index in [1.54, 1.807) is 0 Å². The number of hydrogen-bond acceptors (Lipinski definition) is 0. The molecule has 1 aliphatic carbocycles. The molecule has 33 heavy (non-hydrogen) atoms. The molecule has 0 fully saturated rings. The van der Waals surface area contributed by atoms with Crippen LogP contribution >= 0.6 is 37.2 Å². The Hall–Kier alpha value is -2.06. The van der Waals surface area contributed by atoms with Gasteiger partial charge in [0.1, 0.15) is 0 Å². The zero-order valence-corrected chi connectivity index (χ0v) is 22.2. The summed E-state index contributed by atoms with van der Waals surface area (Å²) >= 11 is 0. The summed E-state index contributed by atoms with van der Waals surface area (Å²) in [6.45, 7) is 0. The summed E-state index contributed by atoms with van der Waals surface area (Å²) in [5, 5.41) is 0. The second-order valence-corrected chi connectivity index (χ2v) is 5.31. The number of halogens is 3. The van der Waals surface area contributed by atoms with Gasteiger partial charge >= 0.3 is 0 Å². The van der Waals surface area contributed by atoms with Crippen molar-refractivity contribution in [1.29, 1.82) is 0 Å². The van der Waals surface area contributed by atoms with Crippen molar-refractivity contribution in [2.45, 2.75) is 6.42 Å². The van der Waals surface area contributed by atoms with E-state index in [9.17, 15) is 0 Å². The Bertz CT molecular complexity index is 583. The van der Waals surface area contributed by atoms with E-state index >= 15 is 0 Å². The zero-order chi connectivity index (χ0) is 20.5. The van der Waals surface area contributed by atoms with Gasteiger partial charge in [0.2, 0.25) is 0 Å². The van der Waals surface area contributed by atoms with Crippen LogP contribution in [-0.2, 0) is 21.7 Å². The fourth-order valence-corrected chi connectivity index (χ4v) is 1.71. The van der Waals surface area contributed by atoms with E-state index in [4.69, 9.17) is 0 Å². The van der Waals surface area contributed by atoms with Crippen molar-refractivity contribution in [3.05, 3.63) is 170 Å². The van der Waals surface area contributed by atoms with Gasteiger partial charge in [0.15, 0.2) is 0 Å². The Kier molecular flexibility index (Phi) is 40.0. The van der Waals surface area contributed by atoms with E-state index in [1.165, 1.54) is 0 Å². The Morgan fingerprint density at radius 1 is 0.394 bits per heavy atom. The van der Waals surface area contributed by atoms with E-state index in [2.05, 4.69) is 36.4 Å². The van der Waals surface area contributed by atoms with Crippen molar-refractivity contribution in [2.75, 3.05) is 0 Å². The van der Waals surface area contributed by atoms with Gasteiger partial charge in [-0.1, -0.05) is 0 Å². The van der Waals surface area contributed by atoms with Crippen molar-refractivity contribution < 1.29 is 21.7 Å². The molecule has 5 rings (SSSR count). The van der Waals surface area contributed by atoms with Gasteiger partial charge in [-0.05, 0) is 0 Å². The quantitative estimate of drug-likeness (QED) is 0.158. The van der Waals surface area contributed by atoms with E-state index in [-0.39, 0.29) is 58.9 Å². The van der Waals surface area contributed by atoms with Gasteiger partial charge in [0.25, 0.3) is 0 Å². The summed E-state index contributed by atoms with van der Waals surface area (Å²) in [5.74, 6) is 0. The molecule has 0 N–H and O–H groups in total. The molecule has 174 valence electrons. The van der Waals surface area contributed by atoms with Gasteiger partial charge in [0, 0.05) is 21.7 Å². The van der Waals surface area contributed by atoms with Crippen LogP contribution in [0.25, 0.3) is 0 Å². The molecule has 0 aromatic heterocycles. The third kappa shape index (κ3) is 32.2. The van der Waals surface area contributed by atoms with E-state index in [1.807, 2.05) is 133 Å². The SMILES string of the molecule is Cl.Cl.Cl.[C-]1=CC=CC1.[Ti].[c-]1ccccc1.[c-]1ccccc1.[c-]1ccccc1.[c-]1ccccc1. The van der Waals surface area contributed by atoms with E-state index < -0.39 is 0 Å². The first-order valence-electron chi connectivity index (χ1n) is 9.36. The molecule has 0 nitrogen and oxygen atoms in total. The minimum absolute atomic E-state index is 0. The summed E-state index contributed by atoms with van der Waals surface area (Å²) in [6.07, 6.45) is 10.0. The molecule has 0 spiro atoms. The second kappa shape index (κ2) is 34.6.